The van der Waals surface area contributed by atoms with Crippen LogP contribution in [0.3, 0.4) is 0 Å². The molecule has 5 rings (SSSR count). The predicted octanol–water partition coefficient (Wildman–Crippen LogP) is 4.27. The van der Waals surface area contributed by atoms with Crippen LogP contribution < -0.4 is 33.9 Å². The molecule has 3 aromatic rings. The van der Waals surface area contributed by atoms with Gasteiger partial charge in [-0.3, -0.25) is 4.79 Å². The highest BCUT2D eigenvalue weighted by Gasteiger charge is 2.33. The Kier molecular flexibility index (Phi) is 6.15. The lowest BCUT2D eigenvalue weighted by atomic mass is 10.1. The quantitative estimate of drug-likeness (QED) is 0.389. The average Bonchev–Trinajstić information content (AvgIpc) is 3.46. The van der Waals surface area contributed by atoms with Gasteiger partial charge in [0.25, 0.3) is 5.91 Å². The number of carbonyl (C=O) groups is 1. The molecule has 35 heavy (non-hydrogen) atoms. The molecule has 0 saturated carbocycles. The third-order valence-corrected chi connectivity index (χ3v) is 5.84. The van der Waals surface area contributed by atoms with E-state index in [1.807, 2.05) is 42.5 Å². The second kappa shape index (κ2) is 9.55. The zero-order valence-corrected chi connectivity index (χ0v) is 19.9. The molecule has 0 aromatic heterocycles. The van der Waals surface area contributed by atoms with Crippen LogP contribution in [0, 0.1) is 0 Å². The Morgan fingerprint density at radius 2 is 1.80 bits per heavy atom. The molecule has 2 heterocycles. The standard InChI is InChI=1S/C26H22N2O6S/c1-30-21-9-7-16(11-17(21)14-32-18-8-10-23-24(13-18)34-15-33-23)12-19-25(29)28(26(35)27-19)20-5-3-4-6-22(20)31-2/h3-13H,14-15H2,1-2H3,(H,27,35)/b19-12+. The van der Waals surface area contributed by atoms with Crippen LogP contribution in [0.1, 0.15) is 11.1 Å². The Morgan fingerprint density at radius 1 is 1.00 bits per heavy atom. The summed E-state index contributed by atoms with van der Waals surface area (Å²) in [5.74, 6) is 2.94. The number of nitrogens with zero attached hydrogens (tertiary/aromatic N) is 1. The van der Waals surface area contributed by atoms with E-state index >= 15 is 0 Å². The highest BCUT2D eigenvalue weighted by atomic mass is 32.1. The summed E-state index contributed by atoms with van der Waals surface area (Å²) in [5.41, 5.74) is 2.53. The van der Waals surface area contributed by atoms with Crippen molar-refractivity contribution in [1.29, 1.82) is 0 Å². The Bertz CT molecular complexity index is 1340. The maximum absolute atomic E-state index is 13.2. The summed E-state index contributed by atoms with van der Waals surface area (Å²) in [5, 5.41) is 3.29. The number of benzene rings is 3. The lowest BCUT2D eigenvalue weighted by molar-refractivity contribution is -0.113. The molecule has 2 aliphatic heterocycles. The molecule has 8 nitrogen and oxygen atoms in total. The average molecular weight is 491 g/mol. The molecule has 3 aromatic carbocycles. The fraction of sp³-hybridized carbons (Fsp3) is 0.154. The van der Waals surface area contributed by atoms with Crippen molar-refractivity contribution in [2.24, 2.45) is 0 Å². The molecule has 0 spiro atoms. The highest BCUT2D eigenvalue weighted by molar-refractivity contribution is 7.80. The number of nitrogens with one attached hydrogen (secondary N) is 1. The third-order valence-electron chi connectivity index (χ3n) is 5.56. The first-order valence-corrected chi connectivity index (χ1v) is 11.2. The number of fused-ring (bicyclic) bond motifs is 1. The lowest BCUT2D eigenvalue weighted by Crippen LogP contribution is -2.30. The van der Waals surface area contributed by atoms with Crippen molar-refractivity contribution in [3.63, 3.8) is 0 Å². The van der Waals surface area contributed by atoms with Crippen LogP contribution >= 0.6 is 12.2 Å². The Morgan fingerprint density at radius 3 is 2.63 bits per heavy atom. The first kappa shape index (κ1) is 22.5. The van der Waals surface area contributed by atoms with E-state index in [0.29, 0.717) is 40.1 Å². The van der Waals surface area contributed by atoms with Gasteiger partial charge in [0.1, 0.15) is 29.6 Å². The van der Waals surface area contributed by atoms with E-state index in [1.165, 1.54) is 4.90 Å². The number of amides is 1. The SMILES string of the molecule is COc1ccc(/C=C2/NC(=S)N(c3ccccc3OC)C2=O)cc1COc1ccc2c(c1)OCO2. The van der Waals surface area contributed by atoms with E-state index in [2.05, 4.69) is 5.32 Å². The summed E-state index contributed by atoms with van der Waals surface area (Å²) in [6.07, 6.45) is 1.74. The fourth-order valence-electron chi connectivity index (χ4n) is 3.86. The van der Waals surface area contributed by atoms with Gasteiger partial charge >= 0.3 is 0 Å². The topological polar surface area (TPSA) is 78.5 Å². The van der Waals surface area contributed by atoms with Gasteiger partial charge in [0.2, 0.25) is 6.79 Å². The minimum absolute atomic E-state index is 0.202. The number of thiocarbonyl (C=S) groups is 1. The minimum Gasteiger partial charge on any atom is -0.496 e. The van der Waals surface area contributed by atoms with E-state index in [1.54, 1.807) is 38.5 Å². The molecule has 2 aliphatic rings. The van der Waals surface area contributed by atoms with E-state index in [4.69, 9.17) is 35.9 Å². The summed E-state index contributed by atoms with van der Waals surface area (Å²) in [6, 6.07) is 18.2. The van der Waals surface area contributed by atoms with Crippen molar-refractivity contribution in [3.8, 4) is 28.7 Å². The van der Waals surface area contributed by atoms with Crippen LogP contribution in [0.25, 0.3) is 6.08 Å². The second-order valence-electron chi connectivity index (χ2n) is 7.68. The normalized spacial score (nSPS) is 15.4. The van der Waals surface area contributed by atoms with Gasteiger partial charge < -0.3 is 29.0 Å². The fourth-order valence-corrected chi connectivity index (χ4v) is 4.16. The summed E-state index contributed by atoms with van der Waals surface area (Å²) in [7, 11) is 3.15. The van der Waals surface area contributed by atoms with Gasteiger partial charge in [-0.05, 0) is 60.3 Å². The molecular formula is C26H22N2O6S. The van der Waals surface area contributed by atoms with E-state index in [9.17, 15) is 4.79 Å². The first-order chi connectivity index (χ1) is 17.1. The van der Waals surface area contributed by atoms with Crippen molar-refractivity contribution in [1.82, 2.24) is 5.32 Å². The molecule has 1 saturated heterocycles. The van der Waals surface area contributed by atoms with Gasteiger partial charge in [-0.1, -0.05) is 18.2 Å². The van der Waals surface area contributed by atoms with Crippen molar-refractivity contribution >= 4 is 35.0 Å². The molecule has 1 amide bonds. The molecule has 1 N–H and O–H groups in total. The molecular weight excluding hydrogens is 468 g/mol. The summed E-state index contributed by atoms with van der Waals surface area (Å²) in [4.78, 5) is 14.6. The monoisotopic (exact) mass is 490 g/mol. The van der Waals surface area contributed by atoms with Gasteiger partial charge in [0.05, 0.1) is 19.9 Å². The minimum atomic E-state index is -0.270. The molecule has 178 valence electrons. The van der Waals surface area contributed by atoms with Gasteiger partial charge in [0.15, 0.2) is 16.6 Å². The number of methoxy groups -OCH3 is 2. The van der Waals surface area contributed by atoms with Crippen molar-refractivity contribution < 1.29 is 28.5 Å². The van der Waals surface area contributed by atoms with E-state index < -0.39 is 0 Å². The van der Waals surface area contributed by atoms with Gasteiger partial charge in [-0.25, -0.2) is 4.90 Å². The van der Waals surface area contributed by atoms with Crippen LogP contribution in [0.15, 0.2) is 66.4 Å². The number of anilines is 1. The number of para-hydroxylation sites is 2. The number of rotatable bonds is 7. The molecule has 0 atom stereocenters. The lowest BCUT2D eigenvalue weighted by Gasteiger charge is -2.17. The largest absolute Gasteiger partial charge is 0.496 e. The Labute approximate surface area is 207 Å². The van der Waals surface area contributed by atoms with Crippen LogP contribution in [0.5, 0.6) is 28.7 Å². The second-order valence-corrected chi connectivity index (χ2v) is 8.06. The number of ether oxygens (including phenoxy) is 5. The van der Waals surface area contributed by atoms with Gasteiger partial charge in [0, 0.05) is 11.6 Å². The molecule has 0 aliphatic carbocycles. The number of hydrogen-bond acceptors (Lipinski definition) is 7. The summed E-state index contributed by atoms with van der Waals surface area (Å²) in [6.45, 7) is 0.459. The third kappa shape index (κ3) is 4.45. The zero-order chi connectivity index (χ0) is 24.4. The van der Waals surface area contributed by atoms with Crippen LogP contribution in [0.4, 0.5) is 5.69 Å². The highest BCUT2D eigenvalue weighted by Crippen LogP contribution is 2.36. The molecule has 1 fully saturated rings. The van der Waals surface area contributed by atoms with Gasteiger partial charge in [-0.2, -0.15) is 0 Å². The Balaban J connectivity index is 1.37. The predicted molar refractivity (Wildman–Crippen MR) is 134 cm³/mol. The van der Waals surface area contributed by atoms with Crippen molar-refractivity contribution in [3.05, 3.63) is 77.5 Å². The Hall–Kier alpha value is -4.24. The summed E-state index contributed by atoms with van der Waals surface area (Å²) >= 11 is 5.43. The van der Waals surface area contributed by atoms with Crippen molar-refractivity contribution in [2.45, 2.75) is 6.61 Å². The van der Waals surface area contributed by atoms with Crippen LogP contribution in [-0.2, 0) is 11.4 Å². The van der Waals surface area contributed by atoms with Crippen molar-refractivity contribution in [2.75, 3.05) is 25.9 Å². The van der Waals surface area contributed by atoms with E-state index in [0.717, 1.165) is 11.1 Å². The van der Waals surface area contributed by atoms with Crippen LogP contribution in [-0.4, -0.2) is 32.0 Å². The summed E-state index contributed by atoms with van der Waals surface area (Å²) < 4.78 is 27.6. The van der Waals surface area contributed by atoms with Gasteiger partial charge in [-0.15, -0.1) is 0 Å². The first-order valence-electron chi connectivity index (χ1n) is 10.8. The number of hydrogen-bond donors (Lipinski definition) is 1. The molecule has 0 radical (unpaired) electrons. The zero-order valence-electron chi connectivity index (χ0n) is 19.1. The maximum atomic E-state index is 13.2. The van der Waals surface area contributed by atoms with Crippen LogP contribution in [0.2, 0.25) is 0 Å². The maximum Gasteiger partial charge on any atom is 0.281 e. The molecule has 0 bridgehead atoms. The molecule has 9 heteroatoms. The smallest absolute Gasteiger partial charge is 0.281 e. The number of carbonyl (C=O) groups excluding carboxylic acids is 1. The molecule has 0 unspecified atom stereocenters. The van der Waals surface area contributed by atoms with E-state index in [-0.39, 0.29) is 24.4 Å².